The van der Waals surface area contributed by atoms with Crippen LogP contribution in [-0.4, -0.2) is 34.5 Å². The van der Waals surface area contributed by atoms with Gasteiger partial charge in [0, 0.05) is 18.3 Å². The van der Waals surface area contributed by atoms with Crippen LogP contribution >= 0.6 is 11.3 Å². The zero-order chi connectivity index (χ0) is 13.5. The first-order chi connectivity index (χ1) is 8.49. The van der Waals surface area contributed by atoms with Gasteiger partial charge in [0.2, 0.25) is 5.91 Å². The SMILES string of the molecule is NC(=O)CCNC(=O)NCc1nc(C(=O)O)cs1. The highest BCUT2D eigenvalue weighted by molar-refractivity contribution is 7.09. The van der Waals surface area contributed by atoms with Crippen LogP contribution in [0.4, 0.5) is 4.79 Å². The molecule has 1 aromatic heterocycles. The molecule has 5 N–H and O–H groups in total. The van der Waals surface area contributed by atoms with Gasteiger partial charge in [0.1, 0.15) is 5.01 Å². The Kier molecular flexibility index (Phi) is 5.06. The van der Waals surface area contributed by atoms with Gasteiger partial charge in [-0.2, -0.15) is 0 Å². The smallest absolute Gasteiger partial charge is 0.355 e. The lowest BCUT2D eigenvalue weighted by Gasteiger charge is -2.04. The third-order valence-corrected chi connectivity index (χ3v) is 2.68. The highest BCUT2D eigenvalue weighted by Crippen LogP contribution is 2.08. The standard InChI is InChI=1S/C9H12N4O4S/c10-6(14)1-2-11-9(17)12-3-7-13-5(4-18-7)8(15)16/h4H,1-3H2,(H2,10,14)(H,15,16)(H2,11,12,17). The Morgan fingerprint density at radius 2 is 2.11 bits per heavy atom. The zero-order valence-corrected chi connectivity index (χ0v) is 10.1. The molecule has 0 unspecified atom stereocenters. The van der Waals surface area contributed by atoms with Crippen LogP contribution in [0.3, 0.4) is 0 Å². The fourth-order valence-corrected chi connectivity index (χ4v) is 1.72. The van der Waals surface area contributed by atoms with E-state index < -0.39 is 17.9 Å². The predicted octanol–water partition coefficient (Wildman–Crippen LogP) is -0.484. The van der Waals surface area contributed by atoms with Crippen molar-refractivity contribution in [3.8, 4) is 0 Å². The molecule has 0 aliphatic rings. The second-order valence-electron chi connectivity index (χ2n) is 3.26. The number of carboxylic acid groups (broad SMARTS) is 1. The molecule has 0 radical (unpaired) electrons. The van der Waals surface area contributed by atoms with Crippen LogP contribution in [-0.2, 0) is 11.3 Å². The van der Waals surface area contributed by atoms with Crippen LogP contribution in [0.1, 0.15) is 21.9 Å². The number of carbonyl (C=O) groups excluding carboxylic acids is 2. The van der Waals surface area contributed by atoms with E-state index in [2.05, 4.69) is 15.6 Å². The minimum Gasteiger partial charge on any atom is -0.476 e. The lowest BCUT2D eigenvalue weighted by molar-refractivity contribution is -0.117. The molecular formula is C9H12N4O4S. The molecule has 0 aromatic carbocycles. The number of hydrogen-bond donors (Lipinski definition) is 4. The predicted molar refractivity (Wildman–Crippen MR) is 63.1 cm³/mol. The van der Waals surface area contributed by atoms with E-state index in [1.54, 1.807) is 0 Å². The number of nitrogens with zero attached hydrogens (tertiary/aromatic N) is 1. The molecule has 8 nitrogen and oxygen atoms in total. The molecule has 0 aliphatic carbocycles. The van der Waals surface area contributed by atoms with E-state index in [-0.39, 0.29) is 25.2 Å². The Morgan fingerprint density at radius 1 is 1.39 bits per heavy atom. The number of aromatic nitrogens is 1. The molecule has 1 aromatic rings. The molecule has 98 valence electrons. The van der Waals surface area contributed by atoms with E-state index in [0.29, 0.717) is 5.01 Å². The number of nitrogens with one attached hydrogen (secondary N) is 2. The maximum atomic E-state index is 11.2. The number of carbonyl (C=O) groups is 3. The Bertz CT molecular complexity index is 459. The summed E-state index contributed by atoms with van der Waals surface area (Å²) in [6.45, 7) is 0.278. The summed E-state index contributed by atoms with van der Waals surface area (Å²) in [5.41, 5.74) is 4.85. The number of thiazole rings is 1. The number of primary amides is 1. The van der Waals surface area contributed by atoms with E-state index in [0.717, 1.165) is 11.3 Å². The van der Waals surface area contributed by atoms with Crippen LogP contribution in [0.2, 0.25) is 0 Å². The number of aromatic carboxylic acids is 1. The first kappa shape index (κ1) is 13.9. The molecule has 0 spiro atoms. The minimum atomic E-state index is -1.11. The summed E-state index contributed by atoms with van der Waals surface area (Å²) in [7, 11) is 0. The van der Waals surface area contributed by atoms with Crippen LogP contribution in [0.25, 0.3) is 0 Å². The highest BCUT2D eigenvalue weighted by Gasteiger charge is 2.09. The number of carboxylic acids is 1. The zero-order valence-electron chi connectivity index (χ0n) is 9.30. The van der Waals surface area contributed by atoms with Crippen molar-refractivity contribution in [3.63, 3.8) is 0 Å². The van der Waals surface area contributed by atoms with Gasteiger partial charge in [-0.15, -0.1) is 11.3 Å². The van der Waals surface area contributed by atoms with Crippen LogP contribution in [0.5, 0.6) is 0 Å². The van der Waals surface area contributed by atoms with Gasteiger partial charge in [0.05, 0.1) is 6.54 Å². The van der Waals surface area contributed by atoms with Crippen molar-refractivity contribution < 1.29 is 19.5 Å². The van der Waals surface area contributed by atoms with Gasteiger partial charge < -0.3 is 21.5 Å². The number of urea groups is 1. The van der Waals surface area contributed by atoms with Crippen molar-refractivity contribution in [2.45, 2.75) is 13.0 Å². The summed E-state index contributed by atoms with van der Waals surface area (Å²) in [4.78, 5) is 36.0. The Labute approximate surface area is 106 Å². The van der Waals surface area contributed by atoms with E-state index in [1.807, 2.05) is 0 Å². The Hall–Kier alpha value is -2.16. The van der Waals surface area contributed by atoms with Gasteiger partial charge in [-0.3, -0.25) is 4.79 Å². The van der Waals surface area contributed by atoms with Gasteiger partial charge in [0.25, 0.3) is 0 Å². The first-order valence-corrected chi connectivity index (χ1v) is 5.84. The minimum absolute atomic E-state index is 0.0501. The fourth-order valence-electron chi connectivity index (χ4n) is 1.01. The molecule has 0 aliphatic heterocycles. The molecule has 0 saturated carbocycles. The number of amides is 3. The molecule has 1 heterocycles. The maximum absolute atomic E-state index is 11.2. The Morgan fingerprint density at radius 3 is 2.67 bits per heavy atom. The van der Waals surface area contributed by atoms with Crippen LogP contribution < -0.4 is 16.4 Å². The second-order valence-corrected chi connectivity index (χ2v) is 4.20. The third-order valence-electron chi connectivity index (χ3n) is 1.83. The Balaban J connectivity index is 2.29. The van der Waals surface area contributed by atoms with Gasteiger partial charge in [-0.1, -0.05) is 0 Å². The molecule has 0 saturated heterocycles. The lowest BCUT2D eigenvalue weighted by atomic mass is 10.4. The summed E-state index contributed by atoms with van der Waals surface area (Å²) < 4.78 is 0. The van der Waals surface area contributed by atoms with E-state index in [1.165, 1.54) is 5.38 Å². The summed E-state index contributed by atoms with van der Waals surface area (Å²) in [5, 5.41) is 15.4. The first-order valence-electron chi connectivity index (χ1n) is 4.96. The van der Waals surface area contributed by atoms with Crippen molar-refractivity contribution in [3.05, 3.63) is 16.1 Å². The van der Waals surface area contributed by atoms with Crippen molar-refractivity contribution >= 4 is 29.2 Å². The van der Waals surface area contributed by atoms with E-state index in [4.69, 9.17) is 10.8 Å². The monoisotopic (exact) mass is 272 g/mol. The highest BCUT2D eigenvalue weighted by atomic mass is 32.1. The van der Waals surface area contributed by atoms with Crippen molar-refractivity contribution in [1.82, 2.24) is 15.6 Å². The average molecular weight is 272 g/mol. The molecule has 0 atom stereocenters. The van der Waals surface area contributed by atoms with Crippen LogP contribution in [0.15, 0.2) is 5.38 Å². The largest absolute Gasteiger partial charge is 0.476 e. The van der Waals surface area contributed by atoms with Gasteiger partial charge in [-0.05, 0) is 0 Å². The van der Waals surface area contributed by atoms with Crippen molar-refractivity contribution in [1.29, 1.82) is 0 Å². The molecule has 0 bridgehead atoms. The summed E-state index contributed by atoms with van der Waals surface area (Å²) >= 11 is 1.14. The fraction of sp³-hybridized carbons (Fsp3) is 0.333. The molecule has 1 rings (SSSR count). The molecule has 0 fully saturated rings. The van der Waals surface area contributed by atoms with Gasteiger partial charge in [0.15, 0.2) is 5.69 Å². The summed E-state index contributed by atoms with van der Waals surface area (Å²) in [6.07, 6.45) is 0.0633. The van der Waals surface area contributed by atoms with Gasteiger partial charge >= 0.3 is 12.0 Å². The number of nitrogens with two attached hydrogens (primary N) is 1. The normalized spacial score (nSPS) is 9.78. The average Bonchev–Trinajstić information content (AvgIpc) is 2.74. The molecular weight excluding hydrogens is 260 g/mol. The second kappa shape index (κ2) is 6.55. The van der Waals surface area contributed by atoms with Crippen molar-refractivity contribution in [2.75, 3.05) is 6.54 Å². The summed E-state index contributed by atoms with van der Waals surface area (Å²) in [5.74, 6) is -1.61. The van der Waals surface area contributed by atoms with E-state index in [9.17, 15) is 14.4 Å². The van der Waals surface area contributed by atoms with Crippen LogP contribution in [0, 0.1) is 0 Å². The number of rotatable bonds is 6. The quantitative estimate of drug-likeness (QED) is 0.554. The summed E-state index contributed by atoms with van der Waals surface area (Å²) in [6, 6.07) is -0.469. The lowest BCUT2D eigenvalue weighted by Crippen LogP contribution is -2.36. The molecule has 3 amide bonds. The van der Waals surface area contributed by atoms with E-state index >= 15 is 0 Å². The molecule has 9 heteroatoms. The molecule has 18 heavy (non-hydrogen) atoms. The number of hydrogen-bond acceptors (Lipinski definition) is 5. The maximum Gasteiger partial charge on any atom is 0.355 e. The van der Waals surface area contributed by atoms with Gasteiger partial charge in [-0.25, -0.2) is 14.6 Å². The third kappa shape index (κ3) is 4.78. The topological polar surface area (TPSA) is 134 Å². The van der Waals surface area contributed by atoms with Crippen molar-refractivity contribution in [2.24, 2.45) is 5.73 Å².